The summed E-state index contributed by atoms with van der Waals surface area (Å²) in [6.07, 6.45) is -0.557. The Morgan fingerprint density at radius 3 is 2.08 bits per heavy atom. The Labute approximate surface area is 360 Å². The van der Waals surface area contributed by atoms with Crippen LogP contribution in [0, 0.1) is 20.2 Å². The lowest BCUT2D eigenvalue weighted by atomic mass is 9.87. The van der Waals surface area contributed by atoms with E-state index in [1.165, 1.54) is 50.7 Å². The molecule has 1 atom stereocenters. The number of carbonyl (C=O) groups excluding carboxylic acids is 2. The highest BCUT2D eigenvalue weighted by atomic mass is 32.2. The number of aromatic nitrogens is 4. The van der Waals surface area contributed by atoms with E-state index in [0.717, 1.165) is 5.56 Å². The normalized spacial score (nSPS) is 11.7. The third-order valence-corrected chi connectivity index (χ3v) is 9.98. The summed E-state index contributed by atoms with van der Waals surface area (Å²) in [6.45, 7) is 4.78. The Bertz CT molecular complexity index is 2260. The van der Waals surface area contributed by atoms with Crippen LogP contribution in [-0.4, -0.2) is 110 Å². The fourth-order valence-electron chi connectivity index (χ4n) is 5.20. The summed E-state index contributed by atoms with van der Waals surface area (Å²) in [6, 6.07) is 13.8. The van der Waals surface area contributed by atoms with Gasteiger partial charge in [-0.3, -0.25) is 4.79 Å². The summed E-state index contributed by atoms with van der Waals surface area (Å²) in [4.78, 5) is 71.8. The molecule has 0 spiro atoms. The molecule has 63 heavy (non-hydrogen) atoms. The van der Waals surface area contributed by atoms with Crippen LogP contribution in [0.1, 0.15) is 46.1 Å². The number of hydrogen-bond acceptors (Lipinski definition) is 21. The van der Waals surface area contributed by atoms with Gasteiger partial charge in [0, 0.05) is 18.8 Å². The van der Waals surface area contributed by atoms with Gasteiger partial charge in [0.2, 0.25) is 11.6 Å². The molecule has 340 valence electrons. The average molecular weight is 904 g/mol. The van der Waals surface area contributed by atoms with Crippen LogP contribution in [0.2, 0.25) is 0 Å². The molecular formula is C38H45N7O17S. The molecule has 2 aromatic carbocycles. The van der Waals surface area contributed by atoms with Gasteiger partial charge >= 0.3 is 12.1 Å². The van der Waals surface area contributed by atoms with Crippen molar-refractivity contribution in [2.45, 2.75) is 57.1 Å². The lowest BCUT2D eigenvalue weighted by Crippen LogP contribution is -2.42. The highest BCUT2D eigenvalue weighted by molar-refractivity contribution is 7.92. The summed E-state index contributed by atoms with van der Waals surface area (Å²) >= 11 is 0. The van der Waals surface area contributed by atoms with Gasteiger partial charge in [0.05, 0.1) is 31.8 Å². The Morgan fingerprint density at radius 1 is 0.794 bits per heavy atom. The molecule has 25 heteroatoms. The minimum absolute atomic E-state index is 0.000479. The number of para-hydroxylation sites is 2. The maximum atomic E-state index is 15.0. The number of anilines is 1. The van der Waals surface area contributed by atoms with Crippen LogP contribution in [0.15, 0.2) is 71.9 Å². The molecule has 0 fully saturated rings. The van der Waals surface area contributed by atoms with E-state index in [1.54, 1.807) is 30.3 Å². The number of esters is 1. The SMILES string of the molecule is COc1ccccc1Oc1c(OCCOC(=O)CCCO[N+](=O)[O-])nc(-c2ncccn2)nc1N(C(C)OC(=O)OCCOCCO[N+](=O)[O-])S(=O)(=O)c1ccc(C(C)(C)C)cc1. The molecule has 2 heterocycles. The monoisotopic (exact) mass is 903 g/mol. The zero-order chi connectivity index (χ0) is 46.0. The van der Waals surface area contributed by atoms with Crippen molar-refractivity contribution in [3.05, 3.63) is 92.8 Å². The fourth-order valence-corrected chi connectivity index (χ4v) is 6.70. The van der Waals surface area contributed by atoms with Crippen LogP contribution in [0.4, 0.5) is 10.6 Å². The van der Waals surface area contributed by atoms with Gasteiger partial charge in [0.25, 0.3) is 26.1 Å². The molecule has 4 rings (SSSR count). The van der Waals surface area contributed by atoms with Gasteiger partial charge in [-0.15, -0.1) is 20.2 Å². The first-order valence-electron chi connectivity index (χ1n) is 18.9. The molecule has 2 aromatic heterocycles. The number of sulfonamides is 1. The van der Waals surface area contributed by atoms with Crippen LogP contribution in [0.25, 0.3) is 11.6 Å². The van der Waals surface area contributed by atoms with Crippen molar-refractivity contribution < 1.29 is 71.0 Å². The Morgan fingerprint density at radius 2 is 1.43 bits per heavy atom. The number of carbonyl (C=O) groups is 2. The second-order valence-electron chi connectivity index (χ2n) is 13.6. The van der Waals surface area contributed by atoms with Crippen LogP contribution in [0.3, 0.4) is 0 Å². The number of nitrogens with zero attached hydrogens (tertiary/aromatic N) is 7. The van der Waals surface area contributed by atoms with Crippen molar-refractivity contribution >= 4 is 28.0 Å². The smallest absolute Gasteiger partial charge is 0.493 e. The summed E-state index contributed by atoms with van der Waals surface area (Å²) in [5.41, 5.74) is 0.449. The zero-order valence-corrected chi connectivity index (χ0v) is 35.6. The summed E-state index contributed by atoms with van der Waals surface area (Å²) < 4.78 is 69.5. The average Bonchev–Trinajstić information content (AvgIpc) is 3.24. The quantitative estimate of drug-likeness (QED) is 0.0282. The Hall–Kier alpha value is -7.15. The molecule has 0 aliphatic rings. The molecule has 1 unspecified atom stereocenters. The molecule has 0 aliphatic heterocycles. The maximum absolute atomic E-state index is 15.0. The molecule has 0 saturated carbocycles. The first kappa shape index (κ1) is 48.5. The van der Waals surface area contributed by atoms with Gasteiger partial charge < -0.3 is 42.8 Å². The summed E-state index contributed by atoms with van der Waals surface area (Å²) in [7, 11) is -3.44. The van der Waals surface area contributed by atoms with E-state index in [4.69, 9.17) is 33.2 Å². The van der Waals surface area contributed by atoms with Crippen molar-refractivity contribution in [1.82, 2.24) is 19.9 Å². The number of ether oxygens (including phenoxy) is 7. The highest BCUT2D eigenvalue weighted by Crippen LogP contribution is 2.44. The van der Waals surface area contributed by atoms with Crippen molar-refractivity contribution in [1.29, 1.82) is 0 Å². The summed E-state index contributed by atoms with van der Waals surface area (Å²) in [5, 5.41) is 18.8. The fraction of sp³-hybridized carbons (Fsp3) is 0.421. The molecule has 4 aromatic rings. The second kappa shape index (κ2) is 23.2. The first-order valence-corrected chi connectivity index (χ1v) is 20.3. The third-order valence-electron chi connectivity index (χ3n) is 8.13. The summed E-state index contributed by atoms with van der Waals surface area (Å²) in [5.74, 6) is -2.30. The van der Waals surface area contributed by atoms with Crippen molar-refractivity contribution in [2.75, 3.05) is 57.7 Å². The molecule has 0 radical (unpaired) electrons. The minimum Gasteiger partial charge on any atom is -0.493 e. The number of hydrogen-bond donors (Lipinski definition) is 0. The Balaban J connectivity index is 1.82. The van der Waals surface area contributed by atoms with Crippen LogP contribution < -0.4 is 18.5 Å². The minimum atomic E-state index is -4.82. The second-order valence-corrected chi connectivity index (χ2v) is 15.4. The predicted molar refractivity (Wildman–Crippen MR) is 215 cm³/mol. The van der Waals surface area contributed by atoms with Gasteiger partial charge in [-0.2, -0.15) is 4.98 Å². The topological polar surface area (TPSA) is 292 Å². The van der Waals surface area contributed by atoms with E-state index >= 15 is 0 Å². The zero-order valence-electron chi connectivity index (χ0n) is 34.8. The standard InChI is InChI=1S/C38H45N7O17S/c1-26(61-37(47)58-22-20-55-21-25-60-45(50)51)43(63(52,53)28-15-13-27(14-16-28)38(2,3)4)35-32(62-30-11-7-6-10-29(30)54-5)36(42-34(41-35)33-39-17-9-18-40-33)57-24-23-56-31(46)12-8-19-59-44(48)49/h6-7,9-11,13-18,26H,8,12,19-25H2,1-5H3. The predicted octanol–water partition coefficient (Wildman–Crippen LogP) is 4.86. The van der Waals surface area contributed by atoms with Crippen LogP contribution in [0.5, 0.6) is 23.1 Å². The van der Waals surface area contributed by atoms with Crippen molar-refractivity contribution in [2.24, 2.45) is 0 Å². The Kier molecular flexibility index (Phi) is 17.8. The molecule has 24 nitrogen and oxygen atoms in total. The largest absolute Gasteiger partial charge is 0.510 e. The van der Waals surface area contributed by atoms with E-state index in [-0.39, 0.29) is 79.3 Å². The molecule has 0 N–H and O–H groups in total. The number of methoxy groups -OCH3 is 1. The van der Waals surface area contributed by atoms with Crippen molar-refractivity contribution in [3.63, 3.8) is 0 Å². The highest BCUT2D eigenvalue weighted by Gasteiger charge is 2.39. The van der Waals surface area contributed by atoms with E-state index in [0.29, 0.717) is 4.31 Å². The van der Waals surface area contributed by atoms with Gasteiger partial charge in [-0.25, -0.2) is 32.5 Å². The third kappa shape index (κ3) is 14.8. The van der Waals surface area contributed by atoms with Gasteiger partial charge in [0.1, 0.15) is 26.4 Å². The van der Waals surface area contributed by atoms with Crippen molar-refractivity contribution in [3.8, 4) is 34.8 Å². The lowest BCUT2D eigenvalue weighted by molar-refractivity contribution is -0.758. The molecule has 0 saturated heterocycles. The number of benzene rings is 2. The van der Waals surface area contributed by atoms with E-state index in [9.17, 15) is 38.2 Å². The molecule has 0 amide bonds. The van der Waals surface area contributed by atoms with Gasteiger partial charge in [0.15, 0.2) is 29.4 Å². The van der Waals surface area contributed by atoms with E-state index in [2.05, 4.69) is 29.6 Å². The van der Waals surface area contributed by atoms with E-state index < -0.39 is 69.2 Å². The molecule has 0 bridgehead atoms. The van der Waals surface area contributed by atoms with Gasteiger partial charge in [-0.05, 0) is 54.7 Å². The molecule has 0 aliphatic carbocycles. The first-order chi connectivity index (χ1) is 30.0. The van der Waals surface area contributed by atoms with Crippen LogP contribution >= 0.6 is 0 Å². The van der Waals surface area contributed by atoms with Gasteiger partial charge in [-0.1, -0.05) is 45.0 Å². The van der Waals surface area contributed by atoms with Crippen LogP contribution in [-0.2, 0) is 48.9 Å². The van der Waals surface area contributed by atoms with E-state index in [1.807, 2.05) is 20.8 Å². The lowest BCUT2D eigenvalue weighted by Gasteiger charge is -2.30. The number of rotatable bonds is 25. The molecular weight excluding hydrogens is 859 g/mol. The maximum Gasteiger partial charge on any atom is 0.510 e.